The highest BCUT2D eigenvalue weighted by atomic mass is 79.9. The van der Waals surface area contributed by atoms with E-state index in [4.69, 9.17) is 23.7 Å². The Labute approximate surface area is 227 Å². The second-order valence-electron chi connectivity index (χ2n) is 9.14. The van der Waals surface area contributed by atoms with Gasteiger partial charge in [-0.25, -0.2) is 0 Å². The zero-order chi connectivity index (χ0) is 24.3. The van der Waals surface area contributed by atoms with Crippen molar-refractivity contribution in [3.63, 3.8) is 0 Å². The molecule has 7 heteroatoms. The van der Waals surface area contributed by atoms with Crippen LogP contribution in [0, 0.1) is 0 Å². The van der Waals surface area contributed by atoms with Crippen molar-refractivity contribution in [1.29, 1.82) is 0 Å². The Balaban J connectivity index is 0.00000280. The van der Waals surface area contributed by atoms with Gasteiger partial charge in [0.1, 0.15) is 5.75 Å². The van der Waals surface area contributed by atoms with E-state index in [1.807, 2.05) is 36.4 Å². The molecule has 0 radical (unpaired) electrons. The van der Waals surface area contributed by atoms with Gasteiger partial charge in [-0.1, -0.05) is 18.2 Å². The standard InChI is InChI=1S/C30H30NO5.BrH/c1-32-27-11-10-21-16-26-24-18-29-28(35-20-36-29)17-22(24)12-13-31(26)19-25(21)30(27)34-15-7-3-6-14-33-23-8-4-2-5-9-23;/h2,4-5,8-11,16-19H,3,6-7,12-15,20H2,1H3;1H/q+1;/p-1. The number of benzene rings is 3. The monoisotopic (exact) mass is 563 g/mol. The number of rotatable bonds is 9. The van der Waals surface area contributed by atoms with Gasteiger partial charge in [-0.05, 0) is 66.6 Å². The molecule has 4 aromatic rings. The number of halogens is 1. The molecule has 0 amide bonds. The van der Waals surface area contributed by atoms with E-state index in [-0.39, 0.29) is 23.8 Å². The van der Waals surface area contributed by atoms with Gasteiger partial charge >= 0.3 is 0 Å². The van der Waals surface area contributed by atoms with Crippen LogP contribution in [-0.4, -0.2) is 27.1 Å². The summed E-state index contributed by atoms with van der Waals surface area (Å²) in [6.45, 7) is 2.54. The van der Waals surface area contributed by atoms with Crippen LogP contribution >= 0.6 is 0 Å². The van der Waals surface area contributed by atoms with E-state index >= 15 is 0 Å². The zero-order valence-corrected chi connectivity index (χ0v) is 22.5. The molecule has 0 spiro atoms. The molecule has 0 fully saturated rings. The summed E-state index contributed by atoms with van der Waals surface area (Å²) in [5.41, 5.74) is 3.67. The first-order valence-electron chi connectivity index (χ1n) is 12.6. The van der Waals surface area contributed by atoms with Gasteiger partial charge in [0.15, 0.2) is 35.7 Å². The summed E-state index contributed by atoms with van der Waals surface area (Å²) in [6.07, 6.45) is 6.13. The third-order valence-corrected chi connectivity index (χ3v) is 6.84. The highest BCUT2D eigenvalue weighted by Gasteiger charge is 2.28. The highest BCUT2D eigenvalue weighted by molar-refractivity contribution is 5.91. The van der Waals surface area contributed by atoms with Gasteiger partial charge in [-0.15, -0.1) is 0 Å². The SMILES string of the molecule is COc1ccc2cc3[n+](cc2c1OCCCCCOc1ccccc1)CCc1cc2c(cc1-3)OCO2.[Br-]. The summed E-state index contributed by atoms with van der Waals surface area (Å²) in [7, 11) is 1.69. The van der Waals surface area contributed by atoms with E-state index in [1.165, 1.54) is 16.8 Å². The lowest BCUT2D eigenvalue weighted by Crippen LogP contribution is -3.00. The van der Waals surface area contributed by atoms with Crippen molar-refractivity contribution < 1.29 is 45.2 Å². The van der Waals surface area contributed by atoms with Crippen LogP contribution in [0.3, 0.4) is 0 Å². The third kappa shape index (κ3) is 5.18. The minimum atomic E-state index is 0. The predicted molar refractivity (Wildman–Crippen MR) is 137 cm³/mol. The molecule has 0 atom stereocenters. The van der Waals surface area contributed by atoms with Crippen molar-refractivity contribution >= 4 is 10.8 Å². The van der Waals surface area contributed by atoms with Crippen LogP contribution in [-0.2, 0) is 13.0 Å². The normalized spacial score (nSPS) is 12.9. The Kier molecular flexibility index (Phi) is 7.70. The molecule has 1 aromatic heterocycles. The minimum Gasteiger partial charge on any atom is -1.00 e. The molecule has 0 N–H and O–H groups in total. The first-order valence-corrected chi connectivity index (χ1v) is 12.6. The van der Waals surface area contributed by atoms with Crippen molar-refractivity contribution in [2.24, 2.45) is 0 Å². The van der Waals surface area contributed by atoms with E-state index in [0.717, 1.165) is 71.7 Å². The largest absolute Gasteiger partial charge is 1.00 e. The fraction of sp³-hybridized carbons (Fsp3) is 0.300. The van der Waals surface area contributed by atoms with E-state index in [1.54, 1.807) is 7.11 Å². The molecule has 0 bridgehead atoms. The highest BCUT2D eigenvalue weighted by Crippen LogP contribution is 2.41. The van der Waals surface area contributed by atoms with Crippen molar-refractivity contribution in [1.82, 2.24) is 0 Å². The molecule has 192 valence electrons. The molecule has 2 aliphatic heterocycles. The van der Waals surface area contributed by atoms with Crippen LogP contribution in [0.2, 0.25) is 0 Å². The number of para-hydroxylation sites is 1. The molecular formula is C30H30BrNO5. The molecule has 3 heterocycles. The van der Waals surface area contributed by atoms with Crippen molar-refractivity contribution in [3.05, 3.63) is 72.4 Å². The Hall–Kier alpha value is -3.45. The lowest BCUT2D eigenvalue weighted by atomic mass is 9.95. The Morgan fingerprint density at radius 1 is 0.865 bits per heavy atom. The van der Waals surface area contributed by atoms with Crippen LogP contribution in [0.15, 0.2) is 66.9 Å². The van der Waals surface area contributed by atoms with Crippen LogP contribution < -0.4 is 45.2 Å². The lowest BCUT2D eigenvalue weighted by Gasteiger charge is -2.18. The van der Waals surface area contributed by atoms with Crippen molar-refractivity contribution in [2.75, 3.05) is 27.1 Å². The molecule has 0 saturated carbocycles. The molecule has 6 nitrogen and oxygen atoms in total. The summed E-state index contributed by atoms with van der Waals surface area (Å²) in [5.74, 6) is 4.14. The number of ether oxygens (including phenoxy) is 5. The number of nitrogens with zero attached hydrogens (tertiary/aromatic N) is 1. The molecule has 3 aromatic carbocycles. The molecule has 2 aliphatic rings. The van der Waals surface area contributed by atoms with Crippen molar-refractivity contribution in [2.45, 2.75) is 32.2 Å². The number of pyridine rings is 1. The quantitative estimate of drug-likeness (QED) is 0.231. The van der Waals surface area contributed by atoms with Gasteiger partial charge in [-0.2, -0.15) is 4.57 Å². The average Bonchev–Trinajstić information content (AvgIpc) is 3.38. The molecule has 37 heavy (non-hydrogen) atoms. The van der Waals surface area contributed by atoms with E-state index < -0.39 is 0 Å². The van der Waals surface area contributed by atoms with Crippen LogP contribution in [0.5, 0.6) is 28.7 Å². The van der Waals surface area contributed by atoms with Crippen LogP contribution in [0.4, 0.5) is 0 Å². The molecular weight excluding hydrogens is 534 g/mol. The summed E-state index contributed by atoms with van der Waals surface area (Å²) in [6, 6.07) is 20.5. The molecule has 0 aliphatic carbocycles. The minimum absolute atomic E-state index is 0. The molecule has 0 saturated heterocycles. The zero-order valence-electron chi connectivity index (χ0n) is 20.9. The van der Waals surface area contributed by atoms with Gasteiger partial charge in [0.25, 0.3) is 0 Å². The van der Waals surface area contributed by atoms with Crippen molar-refractivity contribution in [3.8, 4) is 40.0 Å². The first kappa shape index (κ1) is 25.2. The third-order valence-electron chi connectivity index (χ3n) is 6.84. The molecule has 0 unspecified atom stereocenters. The maximum atomic E-state index is 6.31. The molecule has 6 rings (SSSR count). The number of hydrogen-bond donors (Lipinski definition) is 0. The maximum absolute atomic E-state index is 6.31. The van der Waals surface area contributed by atoms with Gasteiger partial charge in [0.2, 0.25) is 12.5 Å². The second-order valence-corrected chi connectivity index (χ2v) is 9.14. The smallest absolute Gasteiger partial charge is 0.231 e. The number of aromatic nitrogens is 1. The first-order chi connectivity index (χ1) is 17.8. The topological polar surface area (TPSA) is 50.0 Å². The fourth-order valence-corrected chi connectivity index (χ4v) is 4.97. The van der Waals surface area contributed by atoms with Gasteiger partial charge in [-0.3, -0.25) is 0 Å². The summed E-state index contributed by atoms with van der Waals surface area (Å²) < 4.78 is 31.3. The summed E-state index contributed by atoms with van der Waals surface area (Å²) in [5, 5.41) is 2.19. The Morgan fingerprint density at radius 2 is 1.65 bits per heavy atom. The number of hydrogen-bond acceptors (Lipinski definition) is 5. The number of methoxy groups -OCH3 is 1. The number of fused-ring (bicyclic) bond motifs is 5. The van der Waals surface area contributed by atoms with Gasteiger partial charge in [0, 0.05) is 12.5 Å². The van der Waals surface area contributed by atoms with Crippen LogP contribution in [0.1, 0.15) is 24.8 Å². The Bertz CT molecular complexity index is 1390. The maximum Gasteiger partial charge on any atom is 0.231 e. The number of aryl methyl sites for hydroxylation is 2. The summed E-state index contributed by atoms with van der Waals surface area (Å²) in [4.78, 5) is 0. The predicted octanol–water partition coefficient (Wildman–Crippen LogP) is 2.72. The number of unbranched alkanes of at least 4 members (excludes halogenated alkanes) is 2. The van der Waals surface area contributed by atoms with E-state index in [2.05, 4.69) is 35.0 Å². The second kappa shape index (κ2) is 11.3. The summed E-state index contributed by atoms with van der Waals surface area (Å²) >= 11 is 0. The van der Waals surface area contributed by atoms with E-state index in [0.29, 0.717) is 13.2 Å². The van der Waals surface area contributed by atoms with Gasteiger partial charge in [0.05, 0.1) is 31.3 Å². The Morgan fingerprint density at radius 3 is 2.46 bits per heavy atom. The van der Waals surface area contributed by atoms with Crippen LogP contribution in [0.25, 0.3) is 22.0 Å². The lowest BCUT2D eigenvalue weighted by molar-refractivity contribution is -0.686. The fourth-order valence-electron chi connectivity index (χ4n) is 4.97. The average molecular weight is 564 g/mol. The van der Waals surface area contributed by atoms with Gasteiger partial charge < -0.3 is 40.7 Å². The van der Waals surface area contributed by atoms with E-state index in [9.17, 15) is 0 Å².